The van der Waals surface area contributed by atoms with Crippen LogP contribution in [0, 0.1) is 21.0 Å². The van der Waals surface area contributed by atoms with E-state index < -0.39 is 0 Å². The summed E-state index contributed by atoms with van der Waals surface area (Å²) in [4.78, 5) is 9.15. The van der Waals surface area contributed by atoms with Gasteiger partial charge in [-0.2, -0.15) is 0 Å². The van der Waals surface area contributed by atoms with Gasteiger partial charge in [-0.3, -0.25) is 4.99 Å². The second-order valence-electron chi connectivity index (χ2n) is 6.57. The molecule has 6 heteroatoms. The molecule has 1 heterocycles. The number of hydrogen-bond acceptors (Lipinski definition) is 4. The predicted octanol–water partition coefficient (Wildman–Crippen LogP) is 6.78. The number of phenols is 1. The summed E-state index contributed by atoms with van der Waals surface area (Å²) < 4.78 is 7.79. The van der Waals surface area contributed by atoms with Gasteiger partial charge in [0.25, 0.3) is 0 Å². The first-order chi connectivity index (χ1) is 13.4. The maximum atomic E-state index is 10.2. The highest BCUT2D eigenvalue weighted by Crippen LogP contribution is 2.30. The Balaban J connectivity index is 1.69. The Kier molecular flexibility index (Phi) is 5.42. The van der Waals surface area contributed by atoms with Gasteiger partial charge < -0.3 is 9.52 Å². The molecule has 28 heavy (non-hydrogen) atoms. The first-order valence-electron chi connectivity index (χ1n) is 8.61. The number of fused-ring (bicyclic) bond motifs is 1. The second-order valence-corrected chi connectivity index (χ2v) is 8.98. The second kappa shape index (κ2) is 7.82. The molecule has 4 aromatic rings. The van der Waals surface area contributed by atoms with E-state index in [0.29, 0.717) is 11.5 Å². The zero-order valence-electron chi connectivity index (χ0n) is 15.2. The van der Waals surface area contributed by atoms with Gasteiger partial charge in [-0.15, -0.1) is 0 Å². The summed E-state index contributed by atoms with van der Waals surface area (Å²) in [5, 5.41) is 10.2. The topological polar surface area (TPSA) is 58.6 Å². The van der Waals surface area contributed by atoms with Gasteiger partial charge in [0.1, 0.15) is 11.3 Å². The first-order valence-corrected chi connectivity index (χ1v) is 10.8. The van der Waals surface area contributed by atoms with Crippen molar-refractivity contribution in [3.8, 4) is 17.2 Å². The van der Waals surface area contributed by atoms with Crippen LogP contribution in [0.5, 0.6) is 5.75 Å². The summed E-state index contributed by atoms with van der Waals surface area (Å²) in [5.41, 5.74) is 6.25. The average molecular weight is 594 g/mol. The molecule has 1 aromatic heterocycles. The van der Waals surface area contributed by atoms with E-state index >= 15 is 0 Å². The molecular formula is C22H16I2N2O2. The van der Waals surface area contributed by atoms with Gasteiger partial charge in [-0.1, -0.05) is 17.7 Å². The molecule has 0 fully saturated rings. The molecule has 4 nitrogen and oxygen atoms in total. The zero-order chi connectivity index (χ0) is 19.8. The van der Waals surface area contributed by atoms with Crippen LogP contribution in [0.4, 0.5) is 5.69 Å². The van der Waals surface area contributed by atoms with E-state index in [1.54, 1.807) is 6.21 Å². The Bertz CT molecular complexity index is 1230. The van der Waals surface area contributed by atoms with Crippen molar-refractivity contribution in [3.63, 3.8) is 0 Å². The lowest BCUT2D eigenvalue weighted by Gasteiger charge is -2.02. The number of oxazole rings is 1. The monoisotopic (exact) mass is 594 g/mol. The number of phenolic OH excluding ortho intramolecular Hbond substituents is 1. The summed E-state index contributed by atoms with van der Waals surface area (Å²) in [6.07, 6.45) is 1.67. The fraction of sp³-hybridized carbons (Fsp3) is 0.0909. The van der Waals surface area contributed by atoms with E-state index in [1.807, 2.05) is 36.4 Å². The molecule has 0 spiro atoms. The molecule has 0 radical (unpaired) electrons. The van der Waals surface area contributed by atoms with Crippen molar-refractivity contribution in [1.29, 1.82) is 0 Å². The van der Waals surface area contributed by atoms with Gasteiger partial charge in [-0.05, 0) is 101 Å². The van der Waals surface area contributed by atoms with Crippen molar-refractivity contribution >= 4 is 68.2 Å². The van der Waals surface area contributed by atoms with E-state index in [-0.39, 0.29) is 5.75 Å². The lowest BCUT2D eigenvalue weighted by molar-refractivity contribution is 0.470. The van der Waals surface area contributed by atoms with Crippen LogP contribution >= 0.6 is 45.2 Å². The SMILES string of the molecule is Cc1ccc(-c2nc3cc(N=Cc4cc(I)cc(I)c4O)ccc3o2)c(C)c1. The highest BCUT2D eigenvalue weighted by atomic mass is 127. The van der Waals surface area contributed by atoms with Gasteiger partial charge in [0.2, 0.25) is 5.89 Å². The van der Waals surface area contributed by atoms with Crippen molar-refractivity contribution < 1.29 is 9.52 Å². The minimum atomic E-state index is 0.240. The molecule has 0 atom stereocenters. The molecular weight excluding hydrogens is 578 g/mol. The highest BCUT2D eigenvalue weighted by molar-refractivity contribution is 14.1. The molecule has 4 rings (SSSR count). The molecule has 0 aliphatic rings. The lowest BCUT2D eigenvalue weighted by Crippen LogP contribution is -1.87. The molecule has 0 aliphatic carbocycles. The number of hydrogen-bond donors (Lipinski definition) is 1. The van der Waals surface area contributed by atoms with E-state index in [4.69, 9.17) is 4.42 Å². The molecule has 0 aliphatic heterocycles. The highest BCUT2D eigenvalue weighted by Gasteiger charge is 2.11. The zero-order valence-corrected chi connectivity index (χ0v) is 19.5. The van der Waals surface area contributed by atoms with Gasteiger partial charge in [0.05, 0.1) is 9.26 Å². The normalized spacial score (nSPS) is 11.6. The summed E-state index contributed by atoms with van der Waals surface area (Å²) >= 11 is 4.34. The summed E-state index contributed by atoms with van der Waals surface area (Å²) in [5.74, 6) is 0.850. The van der Waals surface area contributed by atoms with Crippen LogP contribution in [0.2, 0.25) is 0 Å². The molecule has 0 amide bonds. The van der Waals surface area contributed by atoms with Crippen LogP contribution in [0.25, 0.3) is 22.6 Å². The standard InChI is InChI=1S/C22H16I2N2O2/c1-12-3-5-17(13(2)7-12)22-26-19-10-16(4-6-20(19)28-22)25-11-14-8-15(23)9-18(24)21(14)27/h3-11,27H,1-2H3. The third kappa shape index (κ3) is 3.93. The van der Waals surface area contributed by atoms with Crippen LogP contribution in [0.3, 0.4) is 0 Å². The summed E-state index contributed by atoms with van der Waals surface area (Å²) in [7, 11) is 0. The molecule has 0 saturated heterocycles. The number of aryl methyl sites for hydroxylation is 2. The quantitative estimate of drug-likeness (QED) is 0.210. The third-order valence-electron chi connectivity index (χ3n) is 4.39. The Morgan fingerprint density at radius 2 is 1.86 bits per heavy atom. The number of benzene rings is 3. The fourth-order valence-corrected chi connectivity index (χ4v) is 4.88. The van der Waals surface area contributed by atoms with Gasteiger partial charge in [-0.25, -0.2) is 4.98 Å². The van der Waals surface area contributed by atoms with E-state index in [2.05, 4.69) is 81.1 Å². The smallest absolute Gasteiger partial charge is 0.227 e. The Morgan fingerprint density at radius 3 is 2.64 bits per heavy atom. The van der Waals surface area contributed by atoms with Crippen LogP contribution in [0.1, 0.15) is 16.7 Å². The maximum absolute atomic E-state index is 10.2. The Morgan fingerprint density at radius 1 is 1.04 bits per heavy atom. The van der Waals surface area contributed by atoms with Crippen molar-refractivity contribution in [2.24, 2.45) is 4.99 Å². The number of nitrogens with zero attached hydrogens (tertiary/aromatic N) is 2. The predicted molar refractivity (Wildman–Crippen MR) is 130 cm³/mol. The lowest BCUT2D eigenvalue weighted by atomic mass is 10.1. The molecule has 0 bridgehead atoms. The molecule has 0 unspecified atom stereocenters. The van der Waals surface area contributed by atoms with Gasteiger partial charge >= 0.3 is 0 Å². The van der Waals surface area contributed by atoms with E-state index in [1.165, 1.54) is 5.56 Å². The first kappa shape index (κ1) is 19.4. The molecule has 0 saturated carbocycles. The Hall–Kier alpha value is -1.94. The largest absolute Gasteiger partial charge is 0.506 e. The summed E-state index contributed by atoms with van der Waals surface area (Å²) in [6.45, 7) is 4.13. The molecule has 3 aromatic carbocycles. The number of halogens is 2. The van der Waals surface area contributed by atoms with Crippen LogP contribution in [-0.2, 0) is 0 Å². The molecule has 140 valence electrons. The fourth-order valence-electron chi connectivity index (χ4n) is 2.99. The number of aliphatic imine (C=N–C) groups is 1. The average Bonchev–Trinajstić information content (AvgIpc) is 3.06. The number of aromatic hydroxyl groups is 1. The molecule has 1 N–H and O–H groups in total. The minimum absolute atomic E-state index is 0.240. The van der Waals surface area contributed by atoms with Crippen molar-refractivity contribution in [2.75, 3.05) is 0 Å². The van der Waals surface area contributed by atoms with Crippen LogP contribution in [0.15, 0.2) is 57.9 Å². The summed E-state index contributed by atoms with van der Waals surface area (Å²) in [6, 6.07) is 15.7. The van der Waals surface area contributed by atoms with Crippen LogP contribution in [-0.4, -0.2) is 16.3 Å². The number of rotatable bonds is 3. The Labute approximate surface area is 190 Å². The van der Waals surface area contributed by atoms with Crippen LogP contribution < -0.4 is 0 Å². The third-order valence-corrected chi connectivity index (χ3v) is 5.84. The maximum Gasteiger partial charge on any atom is 0.227 e. The van der Waals surface area contributed by atoms with Gasteiger partial charge in [0, 0.05) is 20.9 Å². The van der Waals surface area contributed by atoms with Crippen molar-refractivity contribution in [1.82, 2.24) is 4.98 Å². The number of aromatic nitrogens is 1. The van der Waals surface area contributed by atoms with E-state index in [0.717, 1.165) is 35.1 Å². The van der Waals surface area contributed by atoms with Gasteiger partial charge in [0.15, 0.2) is 5.58 Å². The van der Waals surface area contributed by atoms with Crippen molar-refractivity contribution in [2.45, 2.75) is 13.8 Å². The van der Waals surface area contributed by atoms with Crippen molar-refractivity contribution in [3.05, 3.63) is 72.4 Å². The van der Waals surface area contributed by atoms with E-state index in [9.17, 15) is 5.11 Å². The minimum Gasteiger partial charge on any atom is -0.506 e.